The van der Waals surface area contributed by atoms with Gasteiger partial charge in [-0.15, -0.1) is 0 Å². The van der Waals surface area contributed by atoms with Gasteiger partial charge >= 0.3 is 0 Å². The predicted molar refractivity (Wildman–Crippen MR) is 79.6 cm³/mol. The highest BCUT2D eigenvalue weighted by molar-refractivity contribution is 7.89. The summed E-state index contributed by atoms with van der Waals surface area (Å²) in [6.45, 7) is 8.36. The van der Waals surface area contributed by atoms with Gasteiger partial charge in [0.1, 0.15) is 10.6 Å². The fraction of sp³-hybridized carbons (Fsp3) is 0.615. The summed E-state index contributed by atoms with van der Waals surface area (Å²) in [6, 6.07) is 1.05. The van der Waals surface area contributed by atoms with E-state index in [0.717, 1.165) is 0 Å². The van der Waals surface area contributed by atoms with E-state index in [-0.39, 0.29) is 28.6 Å². The number of hydrogen-bond acceptors (Lipinski definition) is 4. The van der Waals surface area contributed by atoms with Gasteiger partial charge in [0.25, 0.3) is 5.91 Å². The number of carbonyl (C=O) groups excluding carboxylic acids is 1. The average Bonchev–Trinajstić information content (AvgIpc) is 2.81. The van der Waals surface area contributed by atoms with Crippen molar-refractivity contribution in [3.05, 3.63) is 18.0 Å². The van der Waals surface area contributed by atoms with E-state index in [1.807, 2.05) is 27.7 Å². The second kappa shape index (κ2) is 7.06. The molecule has 3 N–H and O–H groups in total. The minimum atomic E-state index is -3.84. The molecule has 1 aromatic rings. The molecule has 8 heteroatoms. The van der Waals surface area contributed by atoms with Crippen LogP contribution < -0.4 is 10.5 Å². The molecule has 0 aliphatic heterocycles. The number of carbonyl (C=O) groups is 1. The molecular formula is C13H23N3O4S. The number of sulfonamides is 1. The summed E-state index contributed by atoms with van der Waals surface area (Å²) in [5, 5.41) is 7.88. The van der Waals surface area contributed by atoms with E-state index < -0.39 is 10.0 Å². The highest BCUT2D eigenvalue weighted by Crippen LogP contribution is 2.18. The van der Waals surface area contributed by atoms with Crippen molar-refractivity contribution in [1.82, 2.24) is 9.88 Å². The van der Waals surface area contributed by atoms with Crippen LogP contribution in [-0.2, 0) is 14.8 Å². The maximum atomic E-state index is 12.3. The molecule has 1 unspecified atom stereocenters. The third-order valence-corrected chi connectivity index (χ3v) is 3.77. The average molecular weight is 317 g/mol. The molecule has 0 spiro atoms. The lowest BCUT2D eigenvalue weighted by atomic mass is 10.3. The number of nitrogens with one attached hydrogen (secondary N) is 1. The van der Waals surface area contributed by atoms with Crippen LogP contribution in [0.25, 0.3) is 0 Å². The Bertz CT molecular complexity index is 593. The summed E-state index contributed by atoms with van der Waals surface area (Å²) in [6.07, 6.45) is 1.38. The lowest BCUT2D eigenvalue weighted by Gasteiger charge is -2.16. The molecule has 0 aliphatic carbocycles. The normalized spacial score (nSPS) is 13.4. The standard InChI is InChI=1S/C13H23N3O4S/c1-5-20-8-10(4)15-13(17)12-6-11(21(14,18)19)7-16(12)9(2)3/h6-7,9-10H,5,8H2,1-4H3,(H,15,17)(H2,14,18,19). The van der Waals surface area contributed by atoms with Gasteiger partial charge in [-0.3, -0.25) is 4.79 Å². The van der Waals surface area contributed by atoms with Gasteiger partial charge in [-0.1, -0.05) is 0 Å². The smallest absolute Gasteiger partial charge is 0.268 e. The van der Waals surface area contributed by atoms with Crippen LogP contribution in [0, 0.1) is 0 Å². The number of hydrogen-bond donors (Lipinski definition) is 2. The number of amides is 1. The third kappa shape index (κ3) is 4.83. The zero-order valence-corrected chi connectivity index (χ0v) is 13.6. The largest absolute Gasteiger partial charge is 0.380 e. The van der Waals surface area contributed by atoms with Crippen LogP contribution in [0.15, 0.2) is 17.2 Å². The van der Waals surface area contributed by atoms with Gasteiger partial charge in [-0.05, 0) is 33.8 Å². The zero-order valence-electron chi connectivity index (χ0n) is 12.8. The quantitative estimate of drug-likeness (QED) is 0.778. The Balaban J connectivity index is 3.00. The molecule has 1 amide bonds. The van der Waals surface area contributed by atoms with Crippen LogP contribution in [0.4, 0.5) is 0 Å². The van der Waals surface area contributed by atoms with Gasteiger partial charge in [0.2, 0.25) is 10.0 Å². The van der Waals surface area contributed by atoms with E-state index in [1.54, 1.807) is 4.57 Å². The van der Waals surface area contributed by atoms with Crippen molar-refractivity contribution in [2.24, 2.45) is 5.14 Å². The topological polar surface area (TPSA) is 103 Å². The third-order valence-electron chi connectivity index (χ3n) is 2.89. The lowest BCUT2D eigenvalue weighted by Crippen LogP contribution is -2.37. The van der Waals surface area contributed by atoms with Gasteiger partial charge < -0.3 is 14.6 Å². The Morgan fingerprint density at radius 2 is 2.05 bits per heavy atom. The van der Waals surface area contributed by atoms with Crippen molar-refractivity contribution in [3.8, 4) is 0 Å². The summed E-state index contributed by atoms with van der Waals surface area (Å²) in [7, 11) is -3.84. The summed E-state index contributed by atoms with van der Waals surface area (Å²) in [5.41, 5.74) is 0.261. The first-order valence-electron chi connectivity index (χ1n) is 6.80. The first kappa shape index (κ1) is 17.7. The SMILES string of the molecule is CCOCC(C)NC(=O)c1cc(S(N)(=O)=O)cn1C(C)C. The second-order valence-electron chi connectivity index (χ2n) is 5.14. The van der Waals surface area contributed by atoms with Crippen molar-refractivity contribution in [1.29, 1.82) is 0 Å². The van der Waals surface area contributed by atoms with Crippen LogP contribution in [0.2, 0.25) is 0 Å². The molecule has 0 aliphatic rings. The molecule has 0 radical (unpaired) electrons. The molecule has 120 valence electrons. The maximum Gasteiger partial charge on any atom is 0.268 e. The van der Waals surface area contributed by atoms with Crippen molar-refractivity contribution in [2.45, 2.75) is 44.7 Å². The fourth-order valence-corrected chi connectivity index (χ4v) is 2.39. The Labute approximate surface area is 125 Å². The molecular weight excluding hydrogens is 294 g/mol. The Hall–Kier alpha value is -1.38. The fourth-order valence-electron chi connectivity index (χ4n) is 1.85. The summed E-state index contributed by atoms with van der Waals surface area (Å²) < 4.78 is 29.7. The van der Waals surface area contributed by atoms with Crippen molar-refractivity contribution in [2.75, 3.05) is 13.2 Å². The number of ether oxygens (including phenoxy) is 1. The van der Waals surface area contributed by atoms with Crippen molar-refractivity contribution >= 4 is 15.9 Å². The Morgan fingerprint density at radius 3 is 2.52 bits per heavy atom. The summed E-state index contributed by atoms with van der Waals surface area (Å²) in [5.74, 6) is -0.356. The first-order chi connectivity index (χ1) is 9.66. The monoisotopic (exact) mass is 317 g/mol. The number of rotatable bonds is 7. The van der Waals surface area contributed by atoms with Crippen LogP contribution in [0.5, 0.6) is 0 Å². The number of primary sulfonamides is 1. The molecule has 0 saturated heterocycles. The highest BCUT2D eigenvalue weighted by atomic mass is 32.2. The summed E-state index contributed by atoms with van der Waals surface area (Å²) >= 11 is 0. The molecule has 7 nitrogen and oxygen atoms in total. The van der Waals surface area contributed by atoms with Gasteiger partial charge in [-0.2, -0.15) is 0 Å². The van der Waals surface area contributed by atoms with E-state index in [4.69, 9.17) is 9.88 Å². The van der Waals surface area contributed by atoms with Crippen LogP contribution >= 0.6 is 0 Å². The molecule has 1 aromatic heterocycles. The Morgan fingerprint density at radius 1 is 1.43 bits per heavy atom. The van der Waals surface area contributed by atoms with Crippen molar-refractivity contribution < 1.29 is 17.9 Å². The molecule has 0 bridgehead atoms. The summed E-state index contributed by atoms with van der Waals surface area (Å²) in [4.78, 5) is 12.2. The second-order valence-corrected chi connectivity index (χ2v) is 6.70. The first-order valence-corrected chi connectivity index (χ1v) is 8.34. The molecule has 1 atom stereocenters. The van der Waals surface area contributed by atoms with Gasteiger partial charge in [0.15, 0.2) is 0 Å². The van der Waals surface area contributed by atoms with E-state index >= 15 is 0 Å². The van der Waals surface area contributed by atoms with Crippen molar-refractivity contribution in [3.63, 3.8) is 0 Å². The molecule has 0 saturated carbocycles. The number of nitrogens with two attached hydrogens (primary N) is 1. The zero-order chi connectivity index (χ0) is 16.2. The lowest BCUT2D eigenvalue weighted by molar-refractivity contribution is 0.0862. The van der Waals surface area contributed by atoms with Gasteiger partial charge in [-0.25, -0.2) is 13.6 Å². The minimum absolute atomic E-state index is 0.0663. The van der Waals surface area contributed by atoms with Crippen LogP contribution in [0.3, 0.4) is 0 Å². The Kier molecular flexibility index (Phi) is 5.94. The molecule has 21 heavy (non-hydrogen) atoms. The number of nitrogens with zero attached hydrogens (tertiary/aromatic N) is 1. The van der Waals surface area contributed by atoms with E-state index in [2.05, 4.69) is 5.32 Å². The van der Waals surface area contributed by atoms with Crippen LogP contribution in [0.1, 0.15) is 44.2 Å². The molecule has 0 fully saturated rings. The molecule has 1 rings (SSSR count). The minimum Gasteiger partial charge on any atom is -0.380 e. The molecule has 0 aromatic carbocycles. The van der Waals surface area contributed by atoms with E-state index in [9.17, 15) is 13.2 Å². The van der Waals surface area contributed by atoms with E-state index in [1.165, 1.54) is 12.3 Å². The number of aromatic nitrogens is 1. The maximum absolute atomic E-state index is 12.3. The van der Waals surface area contributed by atoms with Gasteiger partial charge in [0, 0.05) is 24.9 Å². The molecule has 1 heterocycles. The van der Waals surface area contributed by atoms with E-state index in [0.29, 0.717) is 13.2 Å². The van der Waals surface area contributed by atoms with Crippen LogP contribution in [-0.4, -0.2) is 38.1 Å². The highest BCUT2D eigenvalue weighted by Gasteiger charge is 2.21. The predicted octanol–water partition coefficient (Wildman–Crippen LogP) is 0.871. The van der Waals surface area contributed by atoms with Gasteiger partial charge in [0.05, 0.1) is 6.61 Å².